The normalized spacial score (nSPS) is 13.1. The molecule has 0 bridgehead atoms. The van der Waals surface area contributed by atoms with Gasteiger partial charge >= 0.3 is 0 Å². The third kappa shape index (κ3) is 2.46. The second-order valence-corrected chi connectivity index (χ2v) is 5.05. The zero-order valence-electron chi connectivity index (χ0n) is 10.7. The predicted octanol–water partition coefficient (Wildman–Crippen LogP) is 2.33. The lowest BCUT2D eigenvalue weighted by molar-refractivity contribution is 0.512. The molecule has 0 saturated carbocycles. The molecule has 2 aromatic heterocycles. The molecule has 0 spiro atoms. The van der Waals surface area contributed by atoms with Crippen molar-refractivity contribution in [2.75, 3.05) is 7.05 Å². The molecule has 0 fully saturated rings. The maximum absolute atomic E-state index is 4.34. The molecule has 0 aliphatic carbocycles. The van der Waals surface area contributed by atoms with Crippen molar-refractivity contribution in [2.45, 2.75) is 26.3 Å². The Hall–Kier alpha value is -1.84. The van der Waals surface area contributed by atoms with Gasteiger partial charge in [-0.25, -0.2) is 4.98 Å². The standard InChI is InChI=1S/C13H18N4/c1-13(2,3)17-11(14-4)9-5-7-15-12-10(9)6-8-16-12/h5-8H,1-4H3,(H,14,17)(H,15,16). The molecule has 0 aromatic carbocycles. The van der Waals surface area contributed by atoms with E-state index in [1.807, 2.05) is 18.3 Å². The summed E-state index contributed by atoms with van der Waals surface area (Å²) >= 11 is 0. The van der Waals surface area contributed by atoms with Crippen LogP contribution in [0.5, 0.6) is 0 Å². The monoisotopic (exact) mass is 230 g/mol. The Balaban J connectivity index is 2.47. The van der Waals surface area contributed by atoms with Gasteiger partial charge in [-0.15, -0.1) is 0 Å². The number of rotatable bonds is 1. The molecule has 0 radical (unpaired) electrons. The highest BCUT2D eigenvalue weighted by Gasteiger charge is 2.15. The van der Waals surface area contributed by atoms with Crippen LogP contribution < -0.4 is 5.32 Å². The van der Waals surface area contributed by atoms with Crippen molar-refractivity contribution < 1.29 is 0 Å². The van der Waals surface area contributed by atoms with Gasteiger partial charge in [0.15, 0.2) is 0 Å². The van der Waals surface area contributed by atoms with Gasteiger partial charge < -0.3 is 10.3 Å². The predicted molar refractivity (Wildman–Crippen MR) is 71.4 cm³/mol. The summed E-state index contributed by atoms with van der Waals surface area (Å²) in [5.74, 6) is 0.893. The topological polar surface area (TPSA) is 53.1 Å². The van der Waals surface area contributed by atoms with E-state index in [4.69, 9.17) is 0 Å². The van der Waals surface area contributed by atoms with Gasteiger partial charge in [-0.3, -0.25) is 4.99 Å². The Bertz CT molecular complexity index is 546. The number of nitrogens with zero attached hydrogens (tertiary/aromatic N) is 2. The molecule has 0 atom stereocenters. The van der Waals surface area contributed by atoms with E-state index in [0.29, 0.717) is 0 Å². The average molecular weight is 230 g/mol. The van der Waals surface area contributed by atoms with Gasteiger partial charge in [0.25, 0.3) is 0 Å². The van der Waals surface area contributed by atoms with Gasteiger partial charge in [-0.05, 0) is 32.9 Å². The zero-order chi connectivity index (χ0) is 12.5. The molecule has 0 saturated heterocycles. The summed E-state index contributed by atoms with van der Waals surface area (Å²) in [5.41, 5.74) is 1.95. The highest BCUT2D eigenvalue weighted by Crippen LogP contribution is 2.16. The van der Waals surface area contributed by atoms with Gasteiger partial charge in [0.2, 0.25) is 0 Å². The van der Waals surface area contributed by atoms with Crippen molar-refractivity contribution in [3.63, 3.8) is 0 Å². The van der Waals surface area contributed by atoms with E-state index in [2.05, 4.69) is 41.0 Å². The Labute approximate surface area is 101 Å². The van der Waals surface area contributed by atoms with E-state index in [9.17, 15) is 0 Å². The fourth-order valence-electron chi connectivity index (χ4n) is 1.77. The van der Waals surface area contributed by atoms with Crippen molar-refractivity contribution in [2.24, 2.45) is 4.99 Å². The lowest BCUT2D eigenvalue weighted by atomic mass is 10.1. The summed E-state index contributed by atoms with van der Waals surface area (Å²) in [6.07, 6.45) is 3.69. The molecule has 4 nitrogen and oxygen atoms in total. The van der Waals surface area contributed by atoms with E-state index in [0.717, 1.165) is 22.4 Å². The number of nitrogens with one attached hydrogen (secondary N) is 2. The molecule has 0 aliphatic heterocycles. The van der Waals surface area contributed by atoms with Crippen molar-refractivity contribution in [1.29, 1.82) is 0 Å². The highest BCUT2D eigenvalue weighted by molar-refractivity contribution is 6.08. The lowest BCUT2D eigenvalue weighted by Crippen LogP contribution is -2.41. The van der Waals surface area contributed by atoms with Crippen LogP contribution in [-0.2, 0) is 0 Å². The maximum atomic E-state index is 4.34. The minimum absolute atomic E-state index is 0.0132. The highest BCUT2D eigenvalue weighted by atomic mass is 15.0. The first-order valence-electron chi connectivity index (χ1n) is 5.69. The first-order chi connectivity index (χ1) is 8.01. The van der Waals surface area contributed by atoms with Crippen LogP contribution in [0.2, 0.25) is 0 Å². The van der Waals surface area contributed by atoms with Crippen LogP contribution in [0, 0.1) is 0 Å². The SMILES string of the molecule is CN=C(NC(C)(C)C)c1ccnc2[nH]ccc12. The van der Waals surface area contributed by atoms with Crippen LogP contribution in [0.1, 0.15) is 26.3 Å². The molecule has 90 valence electrons. The lowest BCUT2D eigenvalue weighted by Gasteiger charge is -2.23. The number of amidine groups is 1. The molecule has 2 rings (SSSR count). The van der Waals surface area contributed by atoms with Gasteiger partial charge in [0.1, 0.15) is 11.5 Å². The number of hydrogen-bond acceptors (Lipinski definition) is 2. The fourth-order valence-corrected chi connectivity index (χ4v) is 1.77. The van der Waals surface area contributed by atoms with E-state index in [-0.39, 0.29) is 5.54 Å². The Morgan fingerprint density at radius 2 is 2.12 bits per heavy atom. The van der Waals surface area contributed by atoms with Gasteiger partial charge in [-0.2, -0.15) is 0 Å². The number of aromatic amines is 1. The first kappa shape index (κ1) is 11.6. The van der Waals surface area contributed by atoms with Gasteiger partial charge in [-0.1, -0.05) is 0 Å². The molecular formula is C13H18N4. The largest absolute Gasteiger partial charge is 0.365 e. The maximum Gasteiger partial charge on any atom is 0.137 e. The second-order valence-electron chi connectivity index (χ2n) is 5.05. The Kier molecular flexibility index (Phi) is 2.88. The van der Waals surface area contributed by atoms with Crippen LogP contribution in [0.15, 0.2) is 29.5 Å². The molecular weight excluding hydrogens is 212 g/mol. The van der Waals surface area contributed by atoms with E-state index < -0.39 is 0 Å². The third-order valence-corrected chi connectivity index (χ3v) is 2.43. The van der Waals surface area contributed by atoms with Crippen LogP contribution >= 0.6 is 0 Å². The molecule has 17 heavy (non-hydrogen) atoms. The number of aromatic nitrogens is 2. The summed E-state index contributed by atoms with van der Waals surface area (Å²) in [4.78, 5) is 11.7. The van der Waals surface area contributed by atoms with Crippen molar-refractivity contribution in [1.82, 2.24) is 15.3 Å². The van der Waals surface area contributed by atoms with Crippen LogP contribution in [0.25, 0.3) is 11.0 Å². The van der Waals surface area contributed by atoms with Crippen molar-refractivity contribution >= 4 is 16.9 Å². The van der Waals surface area contributed by atoms with E-state index in [1.54, 1.807) is 13.2 Å². The van der Waals surface area contributed by atoms with Gasteiger partial charge in [0, 0.05) is 35.9 Å². The second kappa shape index (κ2) is 4.20. The average Bonchev–Trinajstić information content (AvgIpc) is 2.72. The number of fused-ring (bicyclic) bond motifs is 1. The molecule has 0 unspecified atom stereocenters. The van der Waals surface area contributed by atoms with Crippen LogP contribution in [0.3, 0.4) is 0 Å². The quantitative estimate of drug-likeness (QED) is 0.583. The smallest absolute Gasteiger partial charge is 0.137 e. The Morgan fingerprint density at radius 1 is 1.35 bits per heavy atom. The summed E-state index contributed by atoms with van der Waals surface area (Å²) in [6.45, 7) is 6.36. The molecule has 0 amide bonds. The minimum atomic E-state index is -0.0132. The number of H-pyrrole nitrogens is 1. The van der Waals surface area contributed by atoms with Crippen molar-refractivity contribution in [3.05, 3.63) is 30.1 Å². The zero-order valence-corrected chi connectivity index (χ0v) is 10.7. The molecule has 4 heteroatoms. The molecule has 2 N–H and O–H groups in total. The van der Waals surface area contributed by atoms with E-state index in [1.165, 1.54) is 0 Å². The summed E-state index contributed by atoms with van der Waals surface area (Å²) in [5, 5.41) is 4.50. The summed E-state index contributed by atoms with van der Waals surface area (Å²) in [6, 6.07) is 4.00. The van der Waals surface area contributed by atoms with Crippen LogP contribution in [-0.4, -0.2) is 28.4 Å². The van der Waals surface area contributed by atoms with Crippen LogP contribution in [0.4, 0.5) is 0 Å². The fraction of sp³-hybridized carbons (Fsp3) is 0.385. The Morgan fingerprint density at radius 3 is 2.76 bits per heavy atom. The number of pyridine rings is 1. The van der Waals surface area contributed by atoms with E-state index >= 15 is 0 Å². The molecule has 2 aromatic rings. The number of aliphatic imine (C=N–C) groups is 1. The minimum Gasteiger partial charge on any atom is -0.365 e. The summed E-state index contributed by atoms with van der Waals surface area (Å²) < 4.78 is 0. The third-order valence-electron chi connectivity index (χ3n) is 2.43. The molecule has 0 aliphatic rings. The number of hydrogen-bond donors (Lipinski definition) is 2. The van der Waals surface area contributed by atoms with Gasteiger partial charge in [0.05, 0.1) is 0 Å². The first-order valence-corrected chi connectivity index (χ1v) is 5.69. The van der Waals surface area contributed by atoms with Crippen molar-refractivity contribution in [3.8, 4) is 0 Å². The molecule has 2 heterocycles. The summed E-state index contributed by atoms with van der Waals surface area (Å²) in [7, 11) is 1.80.